The molecule has 0 saturated carbocycles. The second-order valence-corrected chi connectivity index (χ2v) is 5.75. The fraction of sp³-hybridized carbons (Fsp3) is 0.375. The summed E-state index contributed by atoms with van der Waals surface area (Å²) in [7, 11) is 0. The van der Waals surface area contributed by atoms with Crippen molar-refractivity contribution in [2.45, 2.75) is 26.2 Å². The van der Waals surface area contributed by atoms with Gasteiger partial charge in [0, 0.05) is 0 Å². The molecule has 2 atom stereocenters. The molecule has 0 radical (unpaired) electrons. The zero-order valence-electron chi connectivity index (χ0n) is 11.4. The van der Waals surface area contributed by atoms with Gasteiger partial charge in [0.2, 0.25) is 0 Å². The van der Waals surface area contributed by atoms with Gasteiger partial charge in [-0.2, -0.15) is 0 Å². The van der Waals surface area contributed by atoms with Crippen LogP contribution in [0.25, 0.3) is 0 Å². The number of carboxylic acids is 2. The quantitative estimate of drug-likeness (QED) is 0.828. The Morgan fingerprint density at radius 1 is 1.15 bits per heavy atom. The third-order valence-corrected chi connectivity index (χ3v) is 4.03. The lowest BCUT2D eigenvalue weighted by Gasteiger charge is -2.38. The van der Waals surface area contributed by atoms with E-state index in [0.29, 0.717) is 12.8 Å². The first kappa shape index (κ1) is 14.3. The van der Waals surface area contributed by atoms with Crippen LogP contribution in [0.2, 0.25) is 0 Å². The van der Waals surface area contributed by atoms with Crippen molar-refractivity contribution in [2.24, 2.45) is 10.8 Å². The van der Waals surface area contributed by atoms with Gasteiger partial charge in [0.1, 0.15) is 0 Å². The van der Waals surface area contributed by atoms with Crippen LogP contribution in [-0.4, -0.2) is 22.2 Å². The summed E-state index contributed by atoms with van der Waals surface area (Å²) < 4.78 is 0. The number of carbonyl (C=O) groups is 2. The molecule has 0 aliphatic heterocycles. The van der Waals surface area contributed by atoms with E-state index in [1.807, 2.05) is 30.3 Å². The number of aliphatic carboxylic acids is 2. The van der Waals surface area contributed by atoms with E-state index in [1.165, 1.54) is 0 Å². The van der Waals surface area contributed by atoms with Crippen LogP contribution in [0.5, 0.6) is 0 Å². The van der Waals surface area contributed by atoms with Crippen molar-refractivity contribution in [3.63, 3.8) is 0 Å². The lowest BCUT2D eigenvalue weighted by molar-refractivity contribution is -0.155. The summed E-state index contributed by atoms with van der Waals surface area (Å²) in [5.74, 6) is -1.91. The number of hydrogen-bond acceptors (Lipinski definition) is 2. The van der Waals surface area contributed by atoms with Crippen molar-refractivity contribution in [1.82, 2.24) is 0 Å². The van der Waals surface area contributed by atoms with Gasteiger partial charge in [-0.15, -0.1) is 0 Å². The fourth-order valence-electron chi connectivity index (χ4n) is 2.89. The monoisotopic (exact) mass is 274 g/mol. The average Bonchev–Trinajstić information content (AvgIpc) is 2.39. The topological polar surface area (TPSA) is 74.6 Å². The van der Waals surface area contributed by atoms with E-state index >= 15 is 0 Å². The minimum atomic E-state index is -1.12. The zero-order valence-corrected chi connectivity index (χ0v) is 11.4. The van der Waals surface area contributed by atoms with Crippen molar-refractivity contribution >= 4 is 11.9 Å². The van der Waals surface area contributed by atoms with E-state index in [-0.39, 0.29) is 6.42 Å². The van der Waals surface area contributed by atoms with Gasteiger partial charge in [0.25, 0.3) is 0 Å². The molecule has 0 aromatic heterocycles. The molecule has 0 heterocycles. The second kappa shape index (κ2) is 5.12. The molecular formula is C16H18O4. The lowest BCUT2D eigenvalue weighted by Crippen LogP contribution is -2.43. The highest BCUT2D eigenvalue weighted by Gasteiger charge is 2.48. The second-order valence-electron chi connectivity index (χ2n) is 5.75. The van der Waals surface area contributed by atoms with Gasteiger partial charge in [-0.3, -0.25) is 9.59 Å². The number of carboxylic acid groups (broad SMARTS) is 2. The van der Waals surface area contributed by atoms with Crippen LogP contribution in [0.15, 0.2) is 42.5 Å². The van der Waals surface area contributed by atoms with Gasteiger partial charge in [0.05, 0.1) is 10.8 Å². The molecule has 1 aliphatic carbocycles. The van der Waals surface area contributed by atoms with Gasteiger partial charge in [0.15, 0.2) is 0 Å². The maximum Gasteiger partial charge on any atom is 0.313 e. The van der Waals surface area contributed by atoms with Crippen molar-refractivity contribution in [2.75, 3.05) is 0 Å². The van der Waals surface area contributed by atoms with Crippen LogP contribution in [0.4, 0.5) is 0 Å². The SMILES string of the molecule is C[C@@]1(C(=O)O)C=CCC(Cc2ccccc2)(C(=O)O)C1. The maximum absolute atomic E-state index is 11.8. The molecule has 0 amide bonds. The van der Waals surface area contributed by atoms with Crippen LogP contribution in [0.1, 0.15) is 25.3 Å². The first-order chi connectivity index (χ1) is 9.38. The number of rotatable bonds is 4. The molecule has 0 saturated heterocycles. The van der Waals surface area contributed by atoms with Crippen molar-refractivity contribution in [3.05, 3.63) is 48.0 Å². The van der Waals surface area contributed by atoms with Gasteiger partial charge in [-0.05, 0) is 31.7 Å². The average molecular weight is 274 g/mol. The highest BCUT2D eigenvalue weighted by Crippen LogP contribution is 2.45. The Kier molecular flexibility index (Phi) is 3.66. The Labute approximate surface area is 117 Å². The summed E-state index contributed by atoms with van der Waals surface area (Å²) in [5.41, 5.74) is -1.26. The molecule has 2 rings (SSSR count). The van der Waals surface area contributed by atoms with Crippen LogP contribution >= 0.6 is 0 Å². The van der Waals surface area contributed by atoms with E-state index in [0.717, 1.165) is 5.56 Å². The first-order valence-corrected chi connectivity index (χ1v) is 6.56. The van der Waals surface area contributed by atoms with Crippen molar-refractivity contribution in [1.29, 1.82) is 0 Å². The summed E-state index contributed by atoms with van der Waals surface area (Å²) in [6.07, 6.45) is 4.11. The molecular weight excluding hydrogens is 256 g/mol. The third kappa shape index (κ3) is 2.59. The summed E-state index contributed by atoms with van der Waals surface area (Å²) in [6.45, 7) is 1.58. The summed E-state index contributed by atoms with van der Waals surface area (Å²) in [6, 6.07) is 9.35. The first-order valence-electron chi connectivity index (χ1n) is 6.56. The Morgan fingerprint density at radius 3 is 2.35 bits per heavy atom. The van der Waals surface area contributed by atoms with Crippen molar-refractivity contribution < 1.29 is 19.8 Å². The number of benzene rings is 1. The molecule has 1 aromatic carbocycles. The highest BCUT2D eigenvalue weighted by molar-refractivity contribution is 5.81. The third-order valence-electron chi connectivity index (χ3n) is 4.03. The zero-order chi connectivity index (χ0) is 14.8. The Hall–Kier alpha value is -2.10. The smallest absolute Gasteiger partial charge is 0.313 e. The van der Waals surface area contributed by atoms with Gasteiger partial charge < -0.3 is 10.2 Å². The predicted octanol–water partition coefficient (Wildman–Crippen LogP) is 2.74. The largest absolute Gasteiger partial charge is 0.481 e. The lowest BCUT2D eigenvalue weighted by atomic mass is 9.64. The molecule has 1 aromatic rings. The van der Waals surface area contributed by atoms with Gasteiger partial charge in [-0.25, -0.2) is 0 Å². The molecule has 0 spiro atoms. The molecule has 106 valence electrons. The number of hydrogen-bond donors (Lipinski definition) is 2. The molecule has 0 fully saturated rings. The van der Waals surface area contributed by atoms with Gasteiger partial charge >= 0.3 is 11.9 Å². The molecule has 4 nitrogen and oxygen atoms in total. The van der Waals surface area contributed by atoms with Crippen LogP contribution in [-0.2, 0) is 16.0 Å². The maximum atomic E-state index is 11.8. The molecule has 20 heavy (non-hydrogen) atoms. The van der Waals surface area contributed by atoms with E-state index in [9.17, 15) is 19.8 Å². The van der Waals surface area contributed by atoms with E-state index < -0.39 is 22.8 Å². The summed E-state index contributed by atoms with van der Waals surface area (Å²) in [5, 5.41) is 19.0. The molecule has 2 N–H and O–H groups in total. The Bertz CT molecular complexity index is 549. The summed E-state index contributed by atoms with van der Waals surface area (Å²) >= 11 is 0. The number of allylic oxidation sites excluding steroid dienone is 1. The highest BCUT2D eigenvalue weighted by atomic mass is 16.4. The standard InChI is InChI=1S/C16H18O4/c1-15(13(17)18)8-5-9-16(11-15,14(19)20)10-12-6-3-2-4-7-12/h2-8H,9-11H2,1H3,(H,17,18)(H,19,20)/t15-,16?/m1/s1. The van der Waals surface area contributed by atoms with E-state index in [1.54, 1.807) is 19.1 Å². The summed E-state index contributed by atoms with van der Waals surface area (Å²) in [4.78, 5) is 23.2. The molecule has 1 aliphatic rings. The van der Waals surface area contributed by atoms with E-state index in [2.05, 4.69) is 0 Å². The Balaban J connectivity index is 2.35. The minimum absolute atomic E-state index is 0.107. The molecule has 1 unspecified atom stereocenters. The van der Waals surface area contributed by atoms with Crippen LogP contribution in [0.3, 0.4) is 0 Å². The van der Waals surface area contributed by atoms with E-state index in [4.69, 9.17) is 0 Å². The fourth-order valence-corrected chi connectivity index (χ4v) is 2.89. The van der Waals surface area contributed by atoms with Gasteiger partial charge in [-0.1, -0.05) is 42.5 Å². The molecule has 4 heteroatoms. The van der Waals surface area contributed by atoms with Crippen LogP contribution < -0.4 is 0 Å². The normalized spacial score (nSPS) is 29.1. The van der Waals surface area contributed by atoms with Crippen LogP contribution in [0, 0.1) is 10.8 Å². The Morgan fingerprint density at radius 2 is 1.80 bits per heavy atom. The predicted molar refractivity (Wildman–Crippen MR) is 74.3 cm³/mol. The molecule has 0 bridgehead atoms. The van der Waals surface area contributed by atoms with Crippen molar-refractivity contribution in [3.8, 4) is 0 Å². The minimum Gasteiger partial charge on any atom is -0.481 e.